The molecule has 2 N–H and O–H groups in total. The third kappa shape index (κ3) is 2.89. The Kier molecular flexibility index (Phi) is 5.11. The molecule has 26 heavy (non-hydrogen) atoms. The summed E-state index contributed by atoms with van der Waals surface area (Å²) < 4.78 is 27.3. The van der Waals surface area contributed by atoms with Crippen LogP contribution in [0.5, 0.6) is 28.7 Å². The Morgan fingerprint density at radius 2 is 1.65 bits per heavy atom. The second kappa shape index (κ2) is 7.31. The van der Waals surface area contributed by atoms with E-state index in [2.05, 4.69) is 0 Å². The number of hydrogen-bond acceptors (Lipinski definition) is 7. The van der Waals surface area contributed by atoms with Crippen LogP contribution in [0.4, 0.5) is 0 Å². The van der Waals surface area contributed by atoms with E-state index in [9.17, 15) is 10.2 Å². The third-order valence-electron chi connectivity index (χ3n) is 4.35. The molecule has 140 valence electrons. The summed E-state index contributed by atoms with van der Waals surface area (Å²) in [5.74, 6) is 2.37. The lowest BCUT2D eigenvalue weighted by molar-refractivity contribution is 0.173. The average molecular weight is 362 g/mol. The zero-order valence-electron chi connectivity index (χ0n) is 15.2. The van der Waals surface area contributed by atoms with Gasteiger partial charge in [-0.15, -0.1) is 0 Å². The van der Waals surface area contributed by atoms with Crippen molar-refractivity contribution in [1.82, 2.24) is 0 Å². The Morgan fingerprint density at radius 1 is 1.00 bits per heavy atom. The highest BCUT2D eigenvalue weighted by molar-refractivity contribution is 5.83. The molecule has 1 aliphatic heterocycles. The van der Waals surface area contributed by atoms with Crippen LogP contribution in [0.2, 0.25) is 0 Å². The average Bonchev–Trinajstić information content (AvgIpc) is 3.12. The molecule has 7 heteroatoms. The molecule has 0 aromatic heterocycles. The molecule has 2 aromatic carbocycles. The Bertz CT molecular complexity index is 814. The number of benzene rings is 2. The smallest absolute Gasteiger partial charge is 0.231 e. The number of hydrogen-bond donors (Lipinski definition) is 2. The van der Waals surface area contributed by atoms with Gasteiger partial charge in [-0.05, 0) is 41.8 Å². The van der Waals surface area contributed by atoms with Gasteiger partial charge in [0, 0.05) is 5.56 Å². The Hall–Kier alpha value is -2.64. The molecular weight excluding hydrogens is 340 g/mol. The fourth-order valence-corrected chi connectivity index (χ4v) is 3.15. The Labute approximate surface area is 151 Å². The van der Waals surface area contributed by atoms with Gasteiger partial charge < -0.3 is 33.9 Å². The molecule has 1 aliphatic rings. The number of fused-ring (bicyclic) bond motifs is 1. The first-order valence-corrected chi connectivity index (χ1v) is 8.10. The second-order valence-corrected chi connectivity index (χ2v) is 5.81. The van der Waals surface area contributed by atoms with Gasteiger partial charge in [-0.2, -0.15) is 0 Å². The molecule has 0 saturated carbocycles. The van der Waals surface area contributed by atoms with Crippen molar-refractivity contribution >= 4 is 0 Å². The van der Waals surface area contributed by atoms with Gasteiger partial charge in [0.05, 0.1) is 34.0 Å². The van der Waals surface area contributed by atoms with E-state index in [-0.39, 0.29) is 13.4 Å². The van der Waals surface area contributed by atoms with Crippen molar-refractivity contribution in [2.75, 3.05) is 28.1 Å². The summed E-state index contributed by atoms with van der Waals surface area (Å²) in [4.78, 5) is 0. The summed E-state index contributed by atoms with van der Waals surface area (Å²) in [5, 5.41) is 20.2. The number of methoxy groups -OCH3 is 3. The number of aliphatic hydroxyl groups excluding tert-OH is 2. The molecular formula is C19H22O7. The first-order chi connectivity index (χ1) is 12.5. The molecule has 0 aliphatic carbocycles. The first-order valence-electron chi connectivity index (χ1n) is 8.10. The van der Waals surface area contributed by atoms with Crippen molar-refractivity contribution in [3.63, 3.8) is 0 Å². The topological polar surface area (TPSA) is 86.6 Å². The molecule has 0 unspecified atom stereocenters. The Balaban J connectivity index is 2.36. The van der Waals surface area contributed by atoms with Crippen LogP contribution in [0.25, 0.3) is 11.1 Å². The maximum atomic E-state index is 10.3. The zero-order chi connectivity index (χ0) is 18.8. The van der Waals surface area contributed by atoms with E-state index in [0.717, 1.165) is 0 Å². The van der Waals surface area contributed by atoms with Crippen LogP contribution in [-0.2, 0) is 6.61 Å². The SMILES string of the molecule is COc1cc(CO)c(-c2cc3c(cc2[C@H](C)O)OCO3)c(OC)c1OC. The lowest BCUT2D eigenvalue weighted by Gasteiger charge is -2.22. The van der Waals surface area contributed by atoms with Crippen LogP contribution >= 0.6 is 0 Å². The van der Waals surface area contributed by atoms with Gasteiger partial charge in [0.25, 0.3) is 0 Å². The van der Waals surface area contributed by atoms with Crippen molar-refractivity contribution in [3.05, 3.63) is 29.3 Å². The fraction of sp³-hybridized carbons (Fsp3) is 0.368. The van der Waals surface area contributed by atoms with Crippen molar-refractivity contribution in [2.45, 2.75) is 19.6 Å². The van der Waals surface area contributed by atoms with Gasteiger partial charge in [-0.25, -0.2) is 0 Å². The molecule has 0 fully saturated rings. The van der Waals surface area contributed by atoms with E-state index >= 15 is 0 Å². The minimum Gasteiger partial charge on any atom is -0.493 e. The van der Waals surface area contributed by atoms with E-state index in [1.165, 1.54) is 21.3 Å². The number of rotatable bonds is 6. The van der Waals surface area contributed by atoms with Crippen molar-refractivity contribution in [1.29, 1.82) is 0 Å². The number of ether oxygens (including phenoxy) is 5. The molecule has 0 saturated heterocycles. The summed E-state index contributed by atoms with van der Waals surface area (Å²) in [6.07, 6.45) is -0.774. The molecule has 3 rings (SSSR count). The van der Waals surface area contributed by atoms with Gasteiger partial charge in [0.2, 0.25) is 12.5 Å². The fourth-order valence-electron chi connectivity index (χ4n) is 3.15. The highest BCUT2D eigenvalue weighted by atomic mass is 16.7. The third-order valence-corrected chi connectivity index (χ3v) is 4.35. The van der Waals surface area contributed by atoms with E-state index in [1.807, 2.05) is 0 Å². The summed E-state index contributed by atoms with van der Waals surface area (Å²) in [6, 6.07) is 5.19. The van der Waals surface area contributed by atoms with Crippen LogP contribution in [0.1, 0.15) is 24.2 Å². The van der Waals surface area contributed by atoms with Crippen LogP contribution in [0.15, 0.2) is 18.2 Å². The molecule has 2 aromatic rings. The second-order valence-electron chi connectivity index (χ2n) is 5.81. The van der Waals surface area contributed by atoms with Crippen molar-refractivity contribution in [3.8, 4) is 39.9 Å². The van der Waals surface area contributed by atoms with E-state index in [0.29, 0.717) is 51.0 Å². The van der Waals surface area contributed by atoms with Crippen LogP contribution in [0.3, 0.4) is 0 Å². The van der Waals surface area contributed by atoms with Gasteiger partial charge in [0.15, 0.2) is 23.0 Å². The van der Waals surface area contributed by atoms with E-state index in [1.54, 1.807) is 25.1 Å². The van der Waals surface area contributed by atoms with E-state index in [4.69, 9.17) is 23.7 Å². The number of aliphatic hydroxyl groups is 2. The molecule has 7 nitrogen and oxygen atoms in total. The maximum absolute atomic E-state index is 10.3. The lowest BCUT2D eigenvalue weighted by atomic mass is 9.91. The molecule has 1 atom stereocenters. The van der Waals surface area contributed by atoms with Crippen LogP contribution in [-0.4, -0.2) is 38.3 Å². The molecule has 0 radical (unpaired) electrons. The van der Waals surface area contributed by atoms with Gasteiger partial charge in [-0.3, -0.25) is 0 Å². The maximum Gasteiger partial charge on any atom is 0.231 e. The Morgan fingerprint density at radius 3 is 2.19 bits per heavy atom. The van der Waals surface area contributed by atoms with E-state index < -0.39 is 6.10 Å². The summed E-state index contributed by atoms with van der Waals surface area (Å²) in [6.45, 7) is 1.53. The van der Waals surface area contributed by atoms with Crippen molar-refractivity contribution in [2.24, 2.45) is 0 Å². The monoisotopic (exact) mass is 362 g/mol. The van der Waals surface area contributed by atoms with Gasteiger partial charge in [0.1, 0.15) is 0 Å². The highest BCUT2D eigenvalue weighted by Crippen LogP contribution is 2.50. The quantitative estimate of drug-likeness (QED) is 0.817. The van der Waals surface area contributed by atoms with Crippen LogP contribution < -0.4 is 23.7 Å². The molecule has 1 heterocycles. The molecule has 0 bridgehead atoms. The van der Waals surface area contributed by atoms with Crippen molar-refractivity contribution < 1.29 is 33.9 Å². The standard InChI is InChI=1S/C19H22O7/c1-10(21)12-6-14-15(26-9-25-14)7-13(12)17-11(8-20)5-16(22-2)18(23-3)19(17)24-4/h5-7,10,20-21H,8-9H2,1-4H3/t10-/m0/s1. The first kappa shape index (κ1) is 18.2. The van der Waals surface area contributed by atoms with Gasteiger partial charge >= 0.3 is 0 Å². The molecule has 0 spiro atoms. The summed E-state index contributed by atoms with van der Waals surface area (Å²) in [7, 11) is 4.54. The normalized spacial score (nSPS) is 13.5. The predicted molar refractivity (Wildman–Crippen MR) is 94.2 cm³/mol. The predicted octanol–water partition coefficient (Wildman–Crippen LogP) is 2.65. The summed E-state index contributed by atoms with van der Waals surface area (Å²) in [5.41, 5.74) is 2.45. The molecule has 0 amide bonds. The largest absolute Gasteiger partial charge is 0.493 e. The highest BCUT2D eigenvalue weighted by Gasteiger charge is 2.27. The summed E-state index contributed by atoms with van der Waals surface area (Å²) >= 11 is 0. The lowest BCUT2D eigenvalue weighted by Crippen LogP contribution is -2.04. The van der Waals surface area contributed by atoms with Gasteiger partial charge in [-0.1, -0.05) is 0 Å². The minimum absolute atomic E-state index is 0.119. The minimum atomic E-state index is -0.774. The zero-order valence-corrected chi connectivity index (χ0v) is 15.2. The van der Waals surface area contributed by atoms with Crippen LogP contribution in [0, 0.1) is 0 Å².